The third-order valence-corrected chi connectivity index (χ3v) is 6.59. The lowest BCUT2D eigenvalue weighted by Gasteiger charge is -2.54. The average Bonchev–Trinajstić information content (AvgIpc) is 2.88. The molecular formula is C20H27N5. The molecule has 25 heavy (non-hydrogen) atoms. The van der Waals surface area contributed by atoms with Crippen molar-refractivity contribution in [1.82, 2.24) is 19.7 Å². The van der Waals surface area contributed by atoms with Crippen molar-refractivity contribution in [1.29, 1.82) is 0 Å². The summed E-state index contributed by atoms with van der Waals surface area (Å²) in [7, 11) is 0. The van der Waals surface area contributed by atoms with E-state index in [2.05, 4.69) is 39.4 Å². The number of aryl methyl sites for hydroxylation is 3. The van der Waals surface area contributed by atoms with E-state index < -0.39 is 0 Å². The highest BCUT2D eigenvalue weighted by Crippen LogP contribution is 2.54. The zero-order valence-corrected chi connectivity index (χ0v) is 15.4. The van der Waals surface area contributed by atoms with Gasteiger partial charge in [0, 0.05) is 17.8 Å². The Morgan fingerprint density at radius 2 is 1.60 bits per heavy atom. The molecule has 0 spiro atoms. The lowest BCUT2D eigenvalue weighted by molar-refractivity contribution is 0.00741. The predicted molar refractivity (Wildman–Crippen MR) is 97.8 cm³/mol. The molecule has 2 heterocycles. The van der Waals surface area contributed by atoms with Crippen molar-refractivity contribution in [2.75, 3.05) is 5.32 Å². The standard InChI is InChI=1S/C20H27N5/c1-11-4-12(2)25(24-11)19-10-18(21-13(3)22-19)23-20-16-6-14-5-15(8-16)9-17(20)7-14/h4,10,14-17,20H,5-9H2,1-3H3,(H,21,22,23). The van der Waals surface area contributed by atoms with E-state index in [9.17, 15) is 0 Å². The van der Waals surface area contributed by atoms with Gasteiger partial charge in [0.2, 0.25) is 0 Å². The number of nitrogens with zero attached hydrogens (tertiary/aromatic N) is 4. The van der Waals surface area contributed by atoms with Gasteiger partial charge in [-0.25, -0.2) is 14.6 Å². The van der Waals surface area contributed by atoms with Gasteiger partial charge in [-0.05, 0) is 82.6 Å². The largest absolute Gasteiger partial charge is 0.367 e. The van der Waals surface area contributed by atoms with Gasteiger partial charge in [0.05, 0.1) is 5.69 Å². The molecule has 132 valence electrons. The molecule has 2 aromatic rings. The Bertz CT molecular complexity index is 780. The van der Waals surface area contributed by atoms with Crippen LogP contribution in [0.5, 0.6) is 0 Å². The summed E-state index contributed by atoms with van der Waals surface area (Å²) in [6, 6.07) is 4.75. The molecule has 5 nitrogen and oxygen atoms in total. The molecule has 2 aromatic heterocycles. The highest BCUT2D eigenvalue weighted by atomic mass is 15.3. The number of aromatic nitrogens is 4. The van der Waals surface area contributed by atoms with E-state index in [1.807, 2.05) is 18.5 Å². The molecule has 0 aromatic carbocycles. The second-order valence-corrected chi connectivity index (χ2v) is 8.60. The summed E-state index contributed by atoms with van der Waals surface area (Å²) in [6.45, 7) is 6.06. The van der Waals surface area contributed by atoms with Gasteiger partial charge in [-0.3, -0.25) is 0 Å². The van der Waals surface area contributed by atoms with Gasteiger partial charge in [0.1, 0.15) is 11.6 Å². The number of hydrogen-bond donors (Lipinski definition) is 1. The van der Waals surface area contributed by atoms with Crippen molar-refractivity contribution in [3.05, 3.63) is 29.3 Å². The average molecular weight is 337 g/mol. The number of hydrogen-bond acceptors (Lipinski definition) is 4. The number of nitrogens with one attached hydrogen (secondary N) is 1. The van der Waals surface area contributed by atoms with Crippen LogP contribution < -0.4 is 5.32 Å². The molecular weight excluding hydrogens is 310 g/mol. The summed E-state index contributed by atoms with van der Waals surface area (Å²) in [4.78, 5) is 9.30. The quantitative estimate of drug-likeness (QED) is 0.925. The lowest BCUT2D eigenvalue weighted by Crippen LogP contribution is -2.51. The third-order valence-electron chi connectivity index (χ3n) is 6.59. The summed E-state index contributed by atoms with van der Waals surface area (Å²) in [6.07, 6.45) is 7.16. The van der Waals surface area contributed by atoms with Crippen LogP contribution in [-0.4, -0.2) is 25.8 Å². The minimum absolute atomic E-state index is 0.593. The SMILES string of the molecule is Cc1cc(C)n(-c2cc(NC3C4CC5CC(C4)CC3C5)nc(C)n2)n1. The van der Waals surface area contributed by atoms with Crippen LogP contribution in [0.2, 0.25) is 0 Å². The fourth-order valence-electron chi connectivity index (χ4n) is 5.93. The lowest BCUT2D eigenvalue weighted by atomic mass is 9.54. The molecule has 0 saturated heterocycles. The first-order valence-electron chi connectivity index (χ1n) is 9.71. The predicted octanol–water partition coefficient (Wildman–Crippen LogP) is 3.82. The minimum Gasteiger partial charge on any atom is -0.367 e. The first-order chi connectivity index (χ1) is 12.0. The van der Waals surface area contributed by atoms with Crippen LogP contribution in [0.25, 0.3) is 5.82 Å². The van der Waals surface area contributed by atoms with Crippen molar-refractivity contribution in [3.8, 4) is 5.82 Å². The van der Waals surface area contributed by atoms with Gasteiger partial charge in [-0.1, -0.05) is 0 Å². The van der Waals surface area contributed by atoms with Crippen molar-refractivity contribution in [3.63, 3.8) is 0 Å². The van der Waals surface area contributed by atoms with Crippen molar-refractivity contribution >= 4 is 5.82 Å². The zero-order valence-electron chi connectivity index (χ0n) is 15.4. The number of rotatable bonds is 3. The van der Waals surface area contributed by atoms with E-state index in [0.717, 1.165) is 52.5 Å². The summed E-state index contributed by atoms with van der Waals surface area (Å²) in [5.41, 5.74) is 2.13. The van der Waals surface area contributed by atoms with E-state index in [0.29, 0.717) is 6.04 Å². The molecule has 4 aliphatic rings. The Balaban J connectivity index is 1.44. The van der Waals surface area contributed by atoms with Crippen molar-refractivity contribution in [2.24, 2.45) is 23.7 Å². The molecule has 0 amide bonds. The maximum absolute atomic E-state index is 4.68. The molecule has 0 radical (unpaired) electrons. The van der Waals surface area contributed by atoms with Crippen LogP contribution in [0, 0.1) is 44.4 Å². The molecule has 0 atom stereocenters. The molecule has 0 aliphatic heterocycles. The fraction of sp³-hybridized carbons (Fsp3) is 0.650. The Morgan fingerprint density at radius 3 is 2.20 bits per heavy atom. The monoisotopic (exact) mass is 337 g/mol. The maximum atomic E-state index is 4.68. The second kappa shape index (κ2) is 5.55. The van der Waals surface area contributed by atoms with E-state index in [1.165, 1.54) is 32.1 Å². The Hall–Kier alpha value is -1.91. The van der Waals surface area contributed by atoms with E-state index in [4.69, 9.17) is 0 Å². The van der Waals surface area contributed by atoms with Crippen LogP contribution in [0.15, 0.2) is 12.1 Å². The van der Waals surface area contributed by atoms with Gasteiger partial charge >= 0.3 is 0 Å². The smallest absolute Gasteiger partial charge is 0.159 e. The molecule has 4 saturated carbocycles. The second-order valence-electron chi connectivity index (χ2n) is 8.60. The van der Waals surface area contributed by atoms with E-state index in [1.54, 1.807) is 0 Å². The highest BCUT2D eigenvalue weighted by molar-refractivity contribution is 5.43. The van der Waals surface area contributed by atoms with Gasteiger partial charge in [-0.2, -0.15) is 5.10 Å². The first kappa shape index (κ1) is 15.4. The Labute approximate surface area is 149 Å². The molecule has 4 bridgehead atoms. The van der Waals surface area contributed by atoms with Crippen LogP contribution in [-0.2, 0) is 0 Å². The zero-order chi connectivity index (χ0) is 17.1. The van der Waals surface area contributed by atoms with Crippen molar-refractivity contribution < 1.29 is 0 Å². The summed E-state index contributed by atoms with van der Waals surface area (Å²) in [5.74, 6) is 6.30. The van der Waals surface area contributed by atoms with E-state index in [-0.39, 0.29) is 0 Å². The molecule has 0 unspecified atom stereocenters. The van der Waals surface area contributed by atoms with Gasteiger partial charge in [0.25, 0.3) is 0 Å². The third kappa shape index (κ3) is 2.64. The van der Waals surface area contributed by atoms with E-state index >= 15 is 0 Å². The minimum atomic E-state index is 0.593. The van der Waals surface area contributed by atoms with Crippen LogP contribution in [0.4, 0.5) is 5.82 Å². The topological polar surface area (TPSA) is 55.6 Å². The molecule has 4 aliphatic carbocycles. The van der Waals surface area contributed by atoms with Crippen LogP contribution in [0.1, 0.15) is 49.3 Å². The molecule has 5 heteroatoms. The van der Waals surface area contributed by atoms with Gasteiger partial charge < -0.3 is 5.32 Å². The Morgan fingerprint density at radius 1 is 0.920 bits per heavy atom. The first-order valence-corrected chi connectivity index (χ1v) is 9.71. The van der Waals surface area contributed by atoms with Crippen LogP contribution in [0.3, 0.4) is 0 Å². The molecule has 4 fully saturated rings. The van der Waals surface area contributed by atoms with Gasteiger partial charge in [-0.15, -0.1) is 0 Å². The highest BCUT2D eigenvalue weighted by Gasteiger charge is 2.48. The molecule has 6 rings (SSSR count). The van der Waals surface area contributed by atoms with Crippen LogP contribution >= 0.6 is 0 Å². The van der Waals surface area contributed by atoms with Crippen molar-refractivity contribution in [2.45, 2.75) is 58.9 Å². The summed E-state index contributed by atoms with van der Waals surface area (Å²) in [5, 5.41) is 8.39. The maximum Gasteiger partial charge on any atom is 0.159 e. The molecule has 1 N–H and O–H groups in total. The summed E-state index contributed by atoms with van der Waals surface area (Å²) < 4.78 is 1.92. The number of anilines is 1. The fourth-order valence-corrected chi connectivity index (χ4v) is 5.93. The normalized spacial score (nSPS) is 33.0. The summed E-state index contributed by atoms with van der Waals surface area (Å²) >= 11 is 0. The van der Waals surface area contributed by atoms with Gasteiger partial charge in [0.15, 0.2) is 5.82 Å². The Kier molecular flexibility index (Phi) is 3.41.